The average molecular weight is 358 g/mol. The Morgan fingerprint density at radius 1 is 1.65 bits per heavy atom. The van der Waals surface area contributed by atoms with Gasteiger partial charge in [0.1, 0.15) is 12.3 Å². The van der Waals surface area contributed by atoms with Crippen molar-refractivity contribution in [1.29, 1.82) is 0 Å². The van der Waals surface area contributed by atoms with Crippen LogP contribution in [0.2, 0.25) is 0 Å². The van der Waals surface area contributed by atoms with E-state index in [0.717, 1.165) is 0 Å². The number of rotatable bonds is 5. The van der Waals surface area contributed by atoms with Crippen LogP contribution in [-0.4, -0.2) is 45.1 Å². The zero-order chi connectivity index (χ0) is 18.7. The minimum atomic E-state index is -0.470. The minimum absolute atomic E-state index is 0.0213. The maximum atomic E-state index is 12.4. The van der Waals surface area contributed by atoms with Crippen LogP contribution in [0.15, 0.2) is 23.6 Å². The van der Waals surface area contributed by atoms with Crippen LogP contribution in [0.5, 0.6) is 0 Å². The average Bonchev–Trinajstić information content (AvgIpc) is 3.19. The van der Waals surface area contributed by atoms with E-state index in [0.29, 0.717) is 36.0 Å². The number of hydrogen-bond donors (Lipinski definition) is 3. The highest BCUT2D eigenvalue weighted by molar-refractivity contribution is 5.83. The van der Waals surface area contributed by atoms with Crippen molar-refractivity contribution >= 4 is 17.0 Å². The number of aromatic nitrogens is 3. The lowest BCUT2D eigenvalue weighted by molar-refractivity contribution is -0.0560. The van der Waals surface area contributed by atoms with Crippen molar-refractivity contribution in [2.45, 2.75) is 38.2 Å². The molecule has 0 radical (unpaired) electrons. The first-order valence-corrected chi connectivity index (χ1v) is 8.47. The van der Waals surface area contributed by atoms with Crippen LogP contribution in [-0.2, 0) is 9.47 Å². The molecule has 0 bridgehead atoms. The maximum absolute atomic E-state index is 12.4. The number of ether oxygens (including phenoxy) is 2. The molecule has 26 heavy (non-hydrogen) atoms. The first-order chi connectivity index (χ1) is 12.6. The molecule has 0 spiro atoms. The summed E-state index contributed by atoms with van der Waals surface area (Å²) in [5, 5.41) is 9.95. The van der Waals surface area contributed by atoms with Gasteiger partial charge in [-0.1, -0.05) is 24.8 Å². The lowest BCUT2D eigenvalue weighted by atomic mass is 10.2. The van der Waals surface area contributed by atoms with Crippen molar-refractivity contribution in [3.63, 3.8) is 0 Å². The summed E-state index contributed by atoms with van der Waals surface area (Å²) < 4.78 is 13.3. The standard InChI is InChI=1S/C18H22N4O4/c1-3-5-6-11-9-22(16-15(11)17(24)21-18(19)20-16)14-8-12(25-7-4-2)13(10-23)26-14/h4,9,12-14,23H,2-3,7-8,10H2,1H3,(H3,19,20,21,24). The molecule has 1 fully saturated rings. The molecule has 4 N–H and O–H groups in total. The maximum Gasteiger partial charge on any atom is 0.263 e. The van der Waals surface area contributed by atoms with Crippen molar-refractivity contribution in [3.05, 3.63) is 34.8 Å². The van der Waals surface area contributed by atoms with Gasteiger partial charge in [-0.3, -0.25) is 9.78 Å². The van der Waals surface area contributed by atoms with Crippen LogP contribution in [0, 0.1) is 11.8 Å². The van der Waals surface area contributed by atoms with E-state index in [9.17, 15) is 9.90 Å². The van der Waals surface area contributed by atoms with Gasteiger partial charge < -0.3 is 24.9 Å². The van der Waals surface area contributed by atoms with E-state index in [1.54, 1.807) is 16.8 Å². The van der Waals surface area contributed by atoms with Gasteiger partial charge in [-0.05, 0) is 0 Å². The highest BCUT2D eigenvalue weighted by atomic mass is 16.6. The molecule has 1 aliphatic rings. The van der Waals surface area contributed by atoms with E-state index in [1.165, 1.54) is 0 Å². The summed E-state index contributed by atoms with van der Waals surface area (Å²) in [6.07, 6.45) is 3.34. The van der Waals surface area contributed by atoms with Crippen molar-refractivity contribution < 1.29 is 14.6 Å². The fraction of sp³-hybridized carbons (Fsp3) is 0.444. The van der Waals surface area contributed by atoms with Crippen LogP contribution in [0.4, 0.5) is 5.95 Å². The van der Waals surface area contributed by atoms with Crippen LogP contribution in [0.25, 0.3) is 11.0 Å². The van der Waals surface area contributed by atoms with Gasteiger partial charge in [0.2, 0.25) is 5.95 Å². The number of H-pyrrole nitrogens is 1. The number of nitrogens with zero attached hydrogens (tertiary/aromatic N) is 2. The SMILES string of the molecule is C=CCOC1CC(n2cc(C#CCC)c3c(=O)[nH]c(N)nc32)OC1CO. The van der Waals surface area contributed by atoms with Crippen molar-refractivity contribution in [2.24, 2.45) is 0 Å². The molecule has 3 unspecified atom stereocenters. The summed E-state index contributed by atoms with van der Waals surface area (Å²) in [7, 11) is 0. The van der Waals surface area contributed by atoms with Gasteiger partial charge in [0.05, 0.1) is 30.3 Å². The van der Waals surface area contributed by atoms with E-state index in [4.69, 9.17) is 15.2 Å². The lowest BCUT2D eigenvalue weighted by Crippen LogP contribution is -2.27. The van der Waals surface area contributed by atoms with E-state index in [1.807, 2.05) is 6.92 Å². The molecule has 8 heteroatoms. The molecule has 0 aromatic carbocycles. The summed E-state index contributed by atoms with van der Waals surface area (Å²) in [4.78, 5) is 19.1. The molecule has 1 aliphatic heterocycles. The Bertz CT molecular complexity index is 921. The molecular formula is C18H22N4O4. The summed E-state index contributed by atoms with van der Waals surface area (Å²) in [6.45, 7) is 5.75. The quantitative estimate of drug-likeness (QED) is 0.541. The van der Waals surface area contributed by atoms with Crippen molar-refractivity contribution in [1.82, 2.24) is 14.5 Å². The smallest absolute Gasteiger partial charge is 0.263 e. The third-order valence-electron chi connectivity index (χ3n) is 4.20. The summed E-state index contributed by atoms with van der Waals surface area (Å²) >= 11 is 0. The summed E-state index contributed by atoms with van der Waals surface area (Å²) in [6, 6.07) is 0. The second kappa shape index (κ2) is 7.74. The van der Waals surface area contributed by atoms with E-state index >= 15 is 0 Å². The normalized spacial score (nSPS) is 22.3. The van der Waals surface area contributed by atoms with Gasteiger partial charge in [-0.25, -0.2) is 0 Å². The second-order valence-electron chi connectivity index (χ2n) is 5.96. The zero-order valence-electron chi connectivity index (χ0n) is 14.6. The van der Waals surface area contributed by atoms with Gasteiger partial charge in [0, 0.05) is 19.0 Å². The Labute approximate surface area is 150 Å². The molecule has 2 aromatic heterocycles. The number of anilines is 1. The predicted molar refractivity (Wildman–Crippen MR) is 97.5 cm³/mol. The molecule has 3 heterocycles. The molecule has 3 rings (SSSR count). The number of nitrogens with one attached hydrogen (secondary N) is 1. The van der Waals surface area contributed by atoms with E-state index < -0.39 is 12.3 Å². The first kappa shape index (κ1) is 18.2. The molecular weight excluding hydrogens is 336 g/mol. The fourth-order valence-electron chi connectivity index (χ4n) is 3.07. The van der Waals surface area contributed by atoms with E-state index in [2.05, 4.69) is 28.4 Å². The van der Waals surface area contributed by atoms with Gasteiger partial charge in [0.15, 0.2) is 5.65 Å². The number of nitrogens with two attached hydrogens (primary N) is 1. The Kier molecular flexibility index (Phi) is 5.42. The molecule has 0 amide bonds. The van der Waals surface area contributed by atoms with E-state index in [-0.39, 0.29) is 24.2 Å². The monoisotopic (exact) mass is 358 g/mol. The topological polar surface area (TPSA) is 115 Å². The highest BCUT2D eigenvalue weighted by Gasteiger charge is 2.37. The number of aromatic amines is 1. The summed E-state index contributed by atoms with van der Waals surface area (Å²) in [5.41, 5.74) is 6.34. The number of hydrogen-bond acceptors (Lipinski definition) is 6. The van der Waals surface area contributed by atoms with Gasteiger partial charge in [-0.2, -0.15) is 4.98 Å². The fourth-order valence-corrected chi connectivity index (χ4v) is 3.07. The third-order valence-corrected chi connectivity index (χ3v) is 4.20. The zero-order valence-corrected chi connectivity index (χ0v) is 14.6. The van der Waals surface area contributed by atoms with Crippen molar-refractivity contribution in [2.75, 3.05) is 18.9 Å². The van der Waals surface area contributed by atoms with Crippen LogP contribution >= 0.6 is 0 Å². The van der Waals surface area contributed by atoms with Crippen LogP contribution in [0.1, 0.15) is 31.6 Å². The Morgan fingerprint density at radius 3 is 3.15 bits per heavy atom. The summed E-state index contributed by atoms with van der Waals surface area (Å²) in [5.74, 6) is 5.98. The van der Waals surface area contributed by atoms with Crippen LogP contribution < -0.4 is 11.3 Å². The van der Waals surface area contributed by atoms with Crippen molar-refractivity contribution in [3.8, 4) is 11.8 Å². The predicted octanol–water partition coefficient (Wildman–Crippen LogP) is 0.919. The molecule has 0 saturated carbocycles. The van der Waals surface area contributed by atoms with Gasteiger partial charge >= 0.3 is 0 Å². The number of nitrogen functional groups attached to an aromatic ring is 1. The van der Waals surface area contributed by atoms with Gasteiger partial charge in [0.25, 0.3) is 5.56 Å². The van der Waals surface area contributed by atoms with Gasteiger partial charge in [-0.15, -0.1) is 6.58 Å². The Hall–Kier alpha value is -2.60. The Morgan fingerprint density at radius 2 is 2.46 bits per heavy atom. The lowest BCUT2D eigenvalue weighted by Gasteiger charge is -2.15. The third kappa shape index (κ3) is 3.37. The second-order valence-corrected chi connectivity index (χ2v) is 5.96. The number of fused-ring (bicyclic) bond motifs is 1. The number of aliphatic hydroxyl groups excluding tert-OH is 1. The molecule has 8 nitrogen and oxygen atoms in total. The number of aliphatic hydroxyl groups is 1. The molecule has 1 saturated heterocycles. The molecule has 0 aliphatic carbocycles. The molecule has 2 aromatic rings. The molecule has 3 atom stereocenters. The Balaban J connectivity index is 2.05. The van der Waals surface area contributed by atoms with Crippen LogP contribution in [0.3, 0.4) is 0 Å². The largest absolute Gasteiger partial charge is 0.394 e. The highest BCUT2D eigenvalue weighted by Crippen LogP contribution is 2.33. The first-order valence-electron chi connectivity index (χ1n) is 8.47. The minimum Gasteiger partial charge on any atom is -0.394 e. The molecule has 138 valence electrons.